The molecule has 3 heteroatoms. The molecule has 3 unspecified atom stereocenters. The van der Waals surface area contributed by atoms with Crippen molar-refractivity contribution in [1.29, 1.82) is 0 Å². The lowest BCUT2D eigenvalue weighted by Gasteiger charge is -2.22. The Bertz CT molecular complexity index is 349. The molecule has 1 heterocycles. The quantitative estimate of drug-likeness (QED) is 0.851. The van der Waals surface area contributed by atoms with Gasteiger partial charge in [-0.3, -0.25) is 0 Å². The van der Waals surface area contributed by atoms with Gasteiger partial charge in [0.25, 0.3) is 0 Å². The van der Waals surface area contributed by atoms with Crippen molar-refractivity contribution in [2.45, 2.75) is 38.3 Å². The molecule has 2 bridgehead atoms. The maximum absolute atomic E-state index is 5.91. The molecule has 0 radical (unpaired) electrons. The smallest absolute Gasteiger partial charge is 0.0931 e. The zero-order valence-corrected chi connectivity index (χ0v) is 10.3. The van der Waals surface area contributed by atoms with Crippen molar-refractivity contribution in [1.82, 2.24) is 5.32 Å². The van der Waals surface area contributed by atoms with Gasteiger partial charge in [0.15, 0.2) is 0 Å². The minimum atomic E-state index is 0.782. The molecule has 3 rings (SSSR count). The van der Waals surface area contributed by atoms with Crippen molar-refractivity contribution < 1.29 is 0 Å². The number of fused-ring (bicyclic) bond motifs is 2. The standard InChI is InChI=1S/C12H16ClNS/c13-12-4-3-10(15-12)7-14-11-6-8-1-2-9(11)5-8/h3-4,8-9,11,14H,1-2,5-7H2. The molecule has 0 saturated heterocycles. The van der Waals surface area contributed by atoms with Gasteiger partial charge in [-0.05, 0) is 43.2 Å². The molecule has 0 aromatic carbocycles. The van der Waals surface area contributed by atoms with Crippen LogP contribution in [0.3, 0.4) is 0 Å². The van der Waals surface area contributed by atoms with Gasteiger partial charge in [0.05, 0.1) is 4.34 Å². The Balaban J connectivity index is 1.54. The van der Waals surface area contributed by atoms with Crippen molar-refractivity contribution in [3.8, 4) is 0 Å². The molecule has 2 aliphatic carbocycles. The topological polar surface area (TPSA) is 12.0 Å². The average molecular weight is 242 g/mol. The molecule has 2 fully saturated rings. The first-order chi connectivity index (χ1) is 7.31. The maximum Gasteiger partial charge on any atom is 0.0931 e. The van der Waals surface area contributed by atoms with E-state index < -0.39 is 0 Å². The van der Waals surface area contributed by atoms with Gasteiger partial charge in [-0.2, -0.15) is 0 Å². The molecule has 3 atom stereocenters. The number of hydrogen-bond acceptors (Lipinski definition) is 2. The molecular weight excluding hydrogens is 226 g/mol. The van der Waals surface area contributed by atoms with Crippen molar-refractivity contribution in [3.05, 3.63) is 21.3 Å². The van der Waals surface area contributed by atoms with Gasteiger partial charge < -0.3 is 5.32 Å². The van der Waals surface area contributed by atoms with Crippen LogP contribution in [-0.4, -0.2) is 6.04 Å². The average Bonchev–Trinajstić information content (AvgIpc) is 2.90. The Labute approximate surface area is 99.8 Å². The van der Waals surface area contributed by atoms with Crippen molar-refractivity contribution >= 4 is 22.9 Å². The Morgan fingerprint density at radius 2 is 2.27 bits per heavy atom. The van der Waals surface area contributed by atoms with Crippen LogP contribution >= 0.6 is 22.9 Å². The van der Waals surface area contributed by atoms with Crippen LogP contribution < -0.4 is 5.32 Å². The molecular formula is C12H16ClNS. The molecule has 82 valence electrons. The summed E-state index contributed by atoms with van der Waals surface area (Å²) in [5.41, 5.74) is 0. The molecule has 0 aliphatic heterocycles. The molecule has 1 N–H and O–H groups in total. The van der Waals surface area contributed by atoms with Crippen LogP contribution in [0.2, 0.25) is 4.34 Å². The zero-order chi connectivity index (χ0) is 10.3. The van der Waals surface area contributed by atoms with E-state index in [-0.39, 0.29) is 0 Å². The van der Waals surface area contributed by atoms with Gasteiger partial charge in [0, 0.05) is 17.5 Å². The summed E-state index contributed by atoms with van der Waals surface area (Å²) in [5.74, 6) is 1.99. The number of hydrogen-bond donors (Lipinski definition) is 1. The molecule has 1 aromatic rings. The SMILES string of the molecule is Clc1ccc(CNC2CC3CCC2C3)s1. The normalized spacial score (nSPS) is 33.8. The molecule has 0 amide bonds. The van der Waals surface area contributed by atoms with Crippen LogP contribution in [0, 0.1) is 11.8 Å². The van der Waals surface area contributed by atoms with E-state index in [2.05, 4.69) is 11.4 Å². The highest BCUT2D eigenvalue weighted by atomic mass is 35.5. The Morgan fingerprint density at radius 1 is 1.33 bits per heavy atom. The van der Waals surface area contributed by atoms with Gasteiger partial charge >= 0.3 is 0 Å². The molecule has 1 aromatic heterocycles. The first-order valence-electron chi connectivity index (χ1n) is 5.79. The second kappa shape index (κ2) is 4.08. The van der Waals surface area contributed by atoms with E-state index >= 15 is 0 Å². The summed E-state index contributed by atoms with van der Waals surface area (Å²) in [6.45, 7) is 1.01. The second-order valence-electron chi connectivity index (χ2n) is 4.87. The molecule has 1 nitrogen and oxygen atoms in total. The van der Waals surface area contributed by atoms with Crippen LogP contribution in [0.5, 0.6) is 0 Å². The third-order valence-corrected chi connectivity index (χ3v) is 5.14. The van der Waals surface area contributed by atoms with Gasteiger partial charge in [-0.15, -0.1) is 11.3 Å². The third-order valence-electron chi connectivity index (χ3n) is 3.91. The van der Waals surface area contributed by atoms with Crippen LogP contribution in [0.25, 0.3) is 0 Å². The summed E-state index contributed by atoms with van der Waals surface area (Å²) in [7, 11) is 0. The van der Waals surface area contributed by atoms with Crippen molar-refractivity contribution in [3.63, 3.8) is 0 Å². The van der Waals surface area contributed by atoms with Crippen molar-refractivity contribution in [2.24, 2.45) is 11.8 Å². The minimum Gasteiger partial charge on any atom is -0.309 e. The van der Waals surface area contributed by atoms with Gasteiger partial charge in [0.2, 0.25) is 0 Å². The van der Waals surface area contributed by atoms with Crippen LogP contribution in [0.1, 0.15) is 30.6 Å². The lowest BCUT2D eigenvalue weighted by atomic mass is 9.95. The largest absolute Gasteiger partial charge is 0.309 e. The van der Waals surface area contributed by atoms with E-state index in [1.54, 1.807) is 11.3 Å². The fourth-order valence-corrected chi connectivity index (χ4v) is 4.21. The maximum atomic E-state index is 5.91. The summed E-state index contributed by atoms with van der Waals surface area (Å²) in [6.07, 6.45) is 5.81. The van der Waals surface area contributed by atoms with E-state index in [4.69, 9.17) is 11.6 Å². The van der Waals surface area contributed by atoms with E-state index in [9.17, 15) is 0 Å². The summed E-state index contributed by atoms with van der Waals surface area (Å²) < 4.78 is 0.903. The molecule has 2 aliphatic rings. The lowest BCUT2D eigenvalue weighted by molar-refractivity contribution is 0.351. The van der Waals surface area contributed by atoms with Gasteiger partial charge in [-0.1, -0.05) is 18.0 Å². The highest BCUT2D eigenvalue weighted by Gasteiger charge is 2.38. The number of rotatable bonds is 3. The monoisotopic (exact) mass is 241 g/mol. The highest BCUT2D eigenvalue weighted by Crippen LogP contribution is 2.44. The zero-order valence-electron chi connectivity index (χ0n) is 8.71. The number of halogens is 1. The van der Waals surface area contributed by atoms with Crippen LogP contribution in [0.15, 0.2) is 12.1 Å². The Kier molecular flexibility index (Phi) is 2.75. The van der Waals surface area contributed by atoms with E-state index in [1.165, 1.54) is 30.6 Å². The second-order valence-corrected chi connectivity index (χ2v) is 6.67. The number of nitrogens with one attached hydrogen (secondary N) is 1. The fraction of sp³-hybridized carbons (Fsp3) is 0.667. The Hall–Kier alpha value is -0.0500. The molecule has 15 heavy (non-hydrogen) atoms. The van der Waals surface area contributed by atoms with Crippen LogP contribution in [-0.2, 0) is 6.54 Å². The molecule has 0 spiro atoms. The minimum absolute atomic E-state index is 0.782. The first-order valence-corrected chi connectivity index (χ1v) is 6.98. The van der Waals surface area contributed by atoms with E-state index in [1.807, 2.05) is 6.07 Å². The van der Waals surface area contributed by atoms with E-state index in [0.29, 0.717) is 0 Å². The van der Waals surface area contributed by atoms with Gasteiger partial charge in [-0.25, -0.2) is 0 Å². The van der Waals surface area contributed by atoms with E-state index in [0.717, 1.165) is 28.8 Å². The summed E-state index contributed by atoms with van der Waals surface area (Å²) in [4.78, 5) is 1.36. The third kappa shape index (κ3) is 2.08. The molecule has 2 saturated carbocycles. The Morgan fingerprint density at radius 3 is 2.87 bits per heavy atom. The fourth-order valence-electron chi connectivity index (χ4n) is 3.17. The van der Waals surface area contributed by atoms with Crippen LogP contribution in [0.4, 0.5) is 0 Å². The first kappa shape index (κ1) is 10.1. The lowest BCUT2D eigenvalue weighted by Crippen LogP contribution is -2.33. The summed E-state index contributed by atoms with van der Waals surface area (Å²) in [5, 5.41) is 3.69. The summed E-state index contributed by atoms with van der Waals surface area (Å²) >= 11 is 7.60. The number of thiophene rings is 1. The highest BCUT2D eigenvalue weighted by molar-refractivity contribution is 7.16. The van der Waals surface area contributed by atoms with Gasteiger partial charge in [0.1, 0.15) is 0 Å². The predicted octanol–water partition coefficient (Wildman–Crippen LogP) is 3.68. The van der Waals surface area contributed by atoms with Crippen molar-refractivity contribution in [2.75, 3.05) is 0 Å². The predicted molar refractivity (Wildman–Crippen MR) is 65.4 cm³/mol. The summed E-state index contributed by atoms with van der Waals surface area (Å²) in [6, 6.07) is 4.90.